The van der Waals surface area contributed by atoms with Gasteiger partial charge in [0.1, 0.15) is 4.21 Å². The van der Waals surface area contributed by atoms with E-state index < -0.39 is 10.0 Å². The van der Waals surface area contributed by atoms with Crippen LogP contribution in [0.3, 0.4) is 0 Å². The minimum Gasteiger partial charge on any atom is -0.313 e. The second kappa shape index (κ2) is 7.72. The SMILES string of the molecule is CCCNCc1csc(S(=O)(=O)NC2CCC(C)CC2)c1. The van der Waals surface area contributed by atoms with E-state index in [2.05, 4.69) is 23.9 Å². The van der Waals surface area contributed by atoms with Crippen LogP contribution in [0.1, 0.15) is 51.5 Å². The Bertz CT molecular complexity index is 532. The molecule has 1 aromatic rings. The maximum Gasteiger partial charge on any atom is 0.250 e. The highest BCUT2D eigenvalue weighted by Gasteiger charge is 2.25. The number of nitrogens with one attached hydrogen (secondary N) is 2. The Morgan fingerprint density at radius 2 is 2.00 bits per heavy atom. The summed E-state index contributed by atoms with van der Waals surface area (Å²) < 4.78 is 28.1. The molecule has 0 spiro atoms. The van der Waals surface area contributed by atoms with Gasteiger partial charge in [0.15, 0.2) is 0 Å². The molecule has 120 valence electrons. The first-order valence-electron chi connectivity index (χ1n) is 7.81. The van der Waals surface area contributed by atoms with Crippen LogP contribution in [-0.2, 0) is 16.6 Å². The third kappa shape index (κ3) is 5.06. The van der Waals surface area contributed by atoms with E-state index in [0.29, 0.717) is 4.21 Å². The molecule has 1 aromatic heterocycles. The molecule has 6 heteroatoms. The van der Waals surface area contributed by atoms with Crippen molar-refractivity contribution >= 4 is 21.4 Å². The van der Waals surface area contributed by atoms with Crippen LogP contribution in [0.25, 0.3) is 0 Å². The molecule has 0 bridgehead atoms. The average Bonchev–Trinajstić information content (AvgIpc) is 2.91. The first kappa shape index (κ1) is 16.9. The van der Waals surface area contributed by atoms with Crippen molar-refractivity contribution in [2.45, 2.75) is 62.7 Å². The second-order valence-corrected chi connectivity index (χ2v) is 8.88. The monoisotopic (exact) mass is 330 g/mol. The molecule has 2 rings (SSSR count). The summed E-state index contributed by atoms with van der Waals surface area (Å²) in [6.07, 6.45) is 5.22. The largest absolute Gasteiger partial charge is 0.313 e. The normalized spacial score (nSPS) is 23.3. The van der Waals surface area contributed by atoms with Crippen LogP contribution >= 0.6 is 11.3 Å². The van der Waals surface area contributed by atoms with Crippen LogP contribution < -0.4 is 10.0 Å². The van der Waals surface area contributed by atoms with Gasteiger partial charge in [-0.05, 0) is 61.6 Å². The van der Waals surface area contributed by atoms with Gasteiger partial charge in [0.05, 0.1) is 0 Å². The molecule has 1 heterocycles. The molecule has 1 aliphatic rings. The van der Waals surface area contributed by atoms with Gasteiger partial charge in [-0.15, -0.1) is 11.3 Å². The Kier molecular flexibility index (Phi) is 6.22. The van der Waals surface area contributed by atoms with Crippen molar-refractivity contribution < 1.29 is 8.42 Å². The molecule has 1 fully saturated rings. The first-order chi connectivity index (χ1) is 10.0. The highest BCUT2D eigenvalue weighted by atomic mass is 32.2. The maximum absolute atomic E-state index is 12.4. The highest BCUT2D eigenvalue weighted by Crippen LogP contribution is 2.26. The molecule has 0 unspecified atom stereocenters. The van der Waals surface area contributed by atoms with Crippen molar-refractivity contribution in [2.24, 2.45) is 5.92 Å². The Balaban J connectivity index is 1.93. The van der Waals surface area contributed by atoms with Crippen LogP contribution in [-0.4, -0.2) is 21.0 Å². The predicted octanol–water partition coefficient (Wildman–Crippen LogP) is 3.10. The molecular formula is C15H26N2O2S2. The third-order valence-electron chi connectivity index (χ3n) is 3.99. The maximum atomic E-state index is 12.4. The van der Waals surface area contributed by atoms with Crippen LogP contribution in [0.5, 0.6) is 0 Å². The van der Waals surface area contributed by atoms with Crippen molar-refractivity contribution in [1.29, 1.82) is 0 Å². The lowest BCUT2D eigenvalue weighted by Gasteiger charge is -2.26. The zero-order valence-corrected chi connectivity index (χ0v) is 14.5. The lowest BCUT2D eigenvalue weighted by atomic mass is 9.88. The van der Waals surface area contributed by atoms with E-state index in [1.165, 1.54) is 11.3 Å². The minimum atomic E-state index is -3.35. The molecule has 0 atom stereocenters. The molecule has 2 N–H and O–H groups in total. The van der Waals surface area contributed by atoms with Crippen LogP contribution in [0, 0.1) is 5.92 Å². The van der Waals surface area contributed by atoms with Gasteiger partial charge in [0.25, 0.3) is 0 Å². The molecule has 4 nitrogen and oxygen atoms in total. The van der Waals surface area contributed by atoms with Gasteiger partial charge in [-0.25, -0.2) is 13.1 Å². The van der Waals surface area contributed by atoms with Gasteiger partial charge in [-0.1, -0.05) is 13.8 Å². The van der Waals surface area contributed by atoms with E-state index in [4.69, 9.17) is 0 Å². The summed E-state index contributed by atoms with van der Waals surface area (Å²) in [6, 6.07) is 1.90. The van der Waals surface area contributed by atoms with Crippen molar-refractivity contribution in [3.05, 3.63) is 17.0 Å². The molecule has 0 aromatic carbocycles. The molecule has 1 aliphatic carbocycles. The molecule has 21 heavy (non-hydrogen) atoms. The van der Waals surface area contributed by atoms with Crippen LogP contribution in [0.15, 0.2) is 15.7 Å². The minimum absolute atomic E-state index is 0.106. The lowest BCUT2D eigenvalue weighted by molar-refractivity contribution is 0.332. The van der Waals surface area contributed by atoms with Gasteiger partial charge >= 0.3 is 0 Å². The Morgan fingerprint density at radius 1 is 1.29 bits per heavy atom. The molecule has 0 amide bonds. The fourth-order valence-corrected chi connectivity index (χ4v) is 5.18. The van der Waals surface area contributed by atoms with Crippen LogP contribution in [0.4, 0.5) is 0 Å². The summed E-state index contributed by atoms with van der Waals surface area (Å²) in [5.74, 6) is 0.726. The summed E-state index contributed by atoms with van der Waals surface area (Å²) in [7, 11) is -3.35. The molecule has 0 radical (unpaired) electrons. The predicted molar refractivity (Wildman–Crippen MR) is 88.1 cm³/mol. The van der Waals surface area contributed by atoms with E-state index in [1.807, 2.05) is 5.38 Å². The Hall–Kier alpha value is -0.430. The van der Waals surface area contributed by atoms with Crippen molar-refractivity contribution in [3.63, 3.8) is 0 Å². The summed E-state index contributed by atoms with van der Waals surface area (Å²) in [5, 5.41) is 5.22. The van der Waals surface area contributed by atoms with Gasteiger partial charge in [-0.3, -0.25) is 0 Å². The van der Waals surface area contributed by atoms with Crippen molar-refractivity contribution in [3.8, 4) is 0 Å². The van der Waals surface area contributed by atoms with Gasteiger partial charge in [0.2, 0.25) is 10.0 Å². The molecule has 0 aliphatic heterocycles. The number of hydrogen-bond acceptors (Lipinski definition) is 4. The van der Waals surface area contributed by atoms with Crippen LogP contribution in [0.2, 0.25) is 0 Å². The summed E-state index contributed by atoms with van der Waals surface area (Å²) in [4.78, 5) is 0. The molecular weight excluding hydrogens is 304 g/mol. The standard InChI is InChI=1S/C15H26N2O2S2/c1-3-8-16-10-13-9-15(20-11-13)21(18,19)17-14-6-4-12(2)5-7-14/h9,11-12,14,16-17H,3-8,10H2,1-2H3. The fraction of sp³-hybridized carbons (Fsp3) is 0.733. The second-order valence-electron chi connectivity index (χ2n) is 6.03. The smallest absolute Gasteiger partial charge is 0.250 e. The zero-order chi connectivity index (χ0) is 15.3. The Labute approximate surface area is 132 Å². The number of thiophene rings is 1. The van der Waals surface area contributed by atoms with Gasteiger partial charge < -0.3 is 5.32 Å². The first-order valence-corrected chi connectivity index (χ1v) is 10.2. The van der Waals surface area contributed by atoms with Gasteiger partial charge in [-0.2, -0.15) is 0 Å². The quantitative estimate of drug-likeness (QED) is 0.755. The fourth-order valence-electron chi connectivity index (χ4n) is 2.65. The number of sulfonamides is 1. The van der Waals surface area contributed by atoms with E-state index in [-0.39, 0.29) is 6.04 Å². The van der Waals surface area contributed by atoms with E-state index in [9.17, 15) is 8.42 Å². The highest BCUT2D eigenvalue weighted by molar-refractivity contribution is 7.91. The zero-order valence-electron chi connectivity index (χ0n) is 12.9. The summed E-state index contributed by atoms with van der Waals surface area (Å²) in [5.41, 5.74) is 1.05. The van der Waals surface area contributed by atoms with E-state index >= 15 is 0 Å². The lowest BCUT2D eigenvalue weighted by Crippen LogP contribution is -2.37. The summed E-state index contributed by atoms with van der Waals surface area (Å²) >= 11 is 1.31. The van der Waals surface area contributed by atoms with E-state index in [0.717, 1.165) is 56.7 Å². The summed E-state index contributed by atoms with van der Waals surface area (Å²) in [6.45, 7) is 6.04. The average molecular weight is 331 g/mol. The Morgan fingerprint density at radius 3 is 2.67 bits per heavy atom. The molecule has 0 saturated heterocycles. The molecule has 1 saturated carbocycles. The van der Waals surface area contributed by atoms with Crippen molar-refractivity contribution in [1.82, 2.24) is 10.0 Å². The van der Waals surface area contributed by atoms with Gasteiger partial charge in [0, 0.05) is 12.6 Å². The third-order valence-corrected chi connectivity index (χ3v) is 7.00. The number of hydrogen-bond donors (Lipinski definition) is 2. The van der Waals surface area contributed by atoms with E-state index in [1.54, 1.807) is 6.07 Å². The topological polar surface area (TPSA) is 58.2 Å². The van der Waals surface area contributed by atoms with Crippen molar-refractivity contribution in [2.75, 3.05) is 6.54 Å². The number of rotatable bonds is 7.